The van der Waals surface area contributed by atoms with Crippen LogP contribution < -0.4 is 10.6 Å². The quantitative estimate of drug-likeness (QED) is 0.527. The van der Waals surface area contributed by atoms with E-state index in [1.807, 2.05) is 41.3 Å². The number of carbonyl (C=O) groups is 2. The van der Waals surface area contributed by atoms with E-state index in [1.165, 1.54) is 18.3 Å². The zero-order chi connectivity index (χ0) is 22.5. The second-order valence-electron chi connectivity index (χ2n) is 8.07. The van der Waals surface area contributed by atoms with E-state index in [0.717, 1.165) is 40.4 Å². The summed E-state index contributed by atoms with van der Waals surface area (Å²) in [5.41, 5.74) is 5.73. The lowest BCUT2D eigenvalue weighted by molar-refractivity contribution is -0.116. The zero-order valence-corrected chi connectivity index (χ0v) is 19.5. The number of aromatic nitrogens is 3. The molecule has 31 heavy (non-hydrogen) atoms. The molecule has 7 nitrogen and oxygen atoms in total. The third-order valence-electron chi connectivity index (χ3n) is 4.92. The number of carbonyl (C=O) groups excluding carboxylic acids is 2. The molecule has 0 aliphatic rings. The maximum absolute atomic E-state index is 12.5. The molecule has 1 aromatic carbocycles. The average Bonchev–Trinajstić information content (AvgIpc) is 3.25. The summed E-state index contributed by atoms with van der Waals surface area (Å²) >= 11 is 1.40. The van der Waals surface area contributed by atoms with Gasteiger partial charge >= 0.3 is 0 Å². The summed E-state index contributed by atoms with van der Waals surface area (Å²) in [6.45, 7) is 10.8. The number of benzene rings is 1. The van der Waals surface area contributed by atoms with E-state index in [9.17, 15) is 9.59 Å². The highest BCUT2D eigenvalue weighted by Crippen LogP contribution is 2.26. The van der Waals surface area contributed by atoms with Gasteiger partial charge in [0.05, 0.1) is 11.4 Å². The molecule has 0 atom stereocenters. The van der Waals surface area contributed by atoms with Gasteiger partial charge in [-0.05, 0) is 43.9 Å². The topological polar surface area (TPSA) is 88.9 Å². The monoisotopic (exact) mass is 439 g/mol. The summed E-state index contributed by atoms with van der Waals surface area (Å²) in [6, 6.07) is 7.45. The Hall–Kier alpha value is -3.00. The van der Waals surface area contributed by atoms with Gasteiger partial charge in [-0.2, -0.15) is 5.10 Å². The third-order valence-corrected chi connectivity index (χ3v) is 5.68. The smallest absolute Gasteiger partial charge is 0.226 e. The first-order valence-corrected chi connectivity index (χ1v) is 11.3. The summed E-state index contributed by atoms with van der Waals surface area (Å²) in [6.07, 6.45) is 1.04. The minimum atomic E-state index is -0.107. The van der Waals surface area contributed by atoms with Crippen LogP contribution in [-0.4, -0.2) is 26.6 Å². The lowest BCUT2D eigenvalue weighted by Crippen LogP contribution is -2.13. The van der Waals surface area contributed by atoms with E-state index in [2.05, 4.69) is 41.5 Å². The molecule has 0 radical (unpaired) electrons. The van der Waals surface area contributed by atoms with E-state index in [4.69, 9.17) is 0 Å². The van der Waals surface area contributed by atoms with Crippen LogP contribution in [-0.2, 0) is 22.6 Å². The predicted octanol–water partition coefficient (Wildman–Crippen LogP) is 4.81. The molecule has 164 valence electrons. The van der Waals surface area contributed by atoms with Crippen molar-refractivity contribution in [3.63, 3.8) is 0 Å². The standard InChI is InChI=1S/C23H29N5O2S/c1-14(2)12-28-16(4)20(15(3)27-28)10-11-22(30)26-23-25-21(13-31-23)18-6-8-19(9-7-18)24-17(5)29/h6-9,13-14H,10-12H2,1-5H3,(H,24,29)(H,25,26,30). The Morgan fingerprint density at radius 1 is 1.13 bits per heavy atom. The van der Waals surface area contributed by atoms with Gasteiger partial charge in [0.1, 0.15) is 0 Å². The fourth-order valence-corrected chi connectivity index (χ4v) is 4.17. The zero-order valence-electron chi connectivity index (χ0n) is 18.7. The van der Waals surface area contributed by atoms with Crippen LogP contribution in [0.3, 0.4) is 0 Å². The SMILES string of the molecule is CC(=O)Nc1ccc(-c2csc(NC(=O)CCc3c(C)nn(CC(C)C)c3C)n2)cc1. The van der Waals surface area contributed by atoms with Crippen molar-refractivity contribution in [3.05, 3.63) is 46.6 Å². The summed E-state index contributed by atoms with van der Waals surface area (Å²) in [5, 5.41) is 12.8. The van der Waals surface area contributed by atoms with Crippen LogP contribution in [0.4, 0.5) is 10.8 Å². The molecule has 0 aliphatic carbocycles. The molecule has 2 amide bonds. The number of anilines is 2. The van der Waals surface area contributed by atoms with Crippen molar-refractivity contribution in [1.29, 1.82) is 0 Å². The molecule has 0 bridgehead atoms. The number of hydrogen-bond acceptors (Lipinski definition) is 5. The first-order chi connectivity index (χ1) is 14.7. The third kappa shape index (κ3) is 6.01. The number of aryl methyl sites for hydroxylation is 1. The first-order valence-electron chi connectivity index (χ1n) is 10.4. The van der Waals surface area contributed by atoms with Gasteiger partial charge in [-0.25, -0.2) is 4.98 Å². The number of rotatable bonds is 8. The Balaban J connectivity index is 1.58. The molecular weight excluding hydrogens is 410 g/mol. The van der Waals surface area contributed by atoms with Crippen molar-refractivity contribution in [2.24, 2.45) is 5.92 Å². The van der Waals surface area contributed by atoms with E-state index in [1.54, 1.807) is 0 Å². The Kier molecular flexibility index (Phi) is 7.22. The van der Waals surface area contributed by atoms with Gasteiger partial charge in [-0.1, -0.05) is 26.0 Å². The van der Waals surface area contributed by atoms with E-state index < -0.39 is 0 Å². The van der Waals surface area contributed by atoms with Crippen molar-refractivity contribution >= 4 is 34.0 Å². The van der Waals surface area contributed by atoms with Crippen LogP contribution in [0.25, 0.3) is 11.3 Å². The largest absolute Gasteiger partial charge is 0.326 e. The van der Waals surface area contributed by atoms with Gasteiger partial charge < -0.3 is 10.6 Å². The predicted molar refractivity (Wildman–Crippen MR) is 125 cm³/mol. The van der Waals surface area contributed by atoms with Crippen molar-refractivity contribution in [1.82, 2.24) is 14.8 Å². The minimum Gasteiger partial charge on any atom is -0.326 e. The molecule has 2 heterocycles. The van der Waals surface area contributed by atoms with Gasteiger partial charge in [-0.15, -0.1) is 11.3 Å². The number of hydrogen-bond donors (Lipinski definition) is 2. The molecule has 3 rings (SSSR count). The summed E-state index contributed by atoms with van der Waals surface area (Å²) in [4.78, 5) is 28.1. The highest BCUT2D eigenvalue weighted by Gasteiger charge is 2.15. The maximum atomic E-state index is 12.5. The summed E-state index contributed by atoms with van der Waals surface area (Å²) in [5.74, 6) is 0.358. The van der Waals surface area contributed by atoms with Gasteiger partial charge in [0, 0.05) is 42.2 Å². The van der Waals surface area contributed by atoms with Gasteiger partial charge in [0.15, 0.2) is 5.13 Å². The molecule has 0 spiro atoms. The molecule has 0 saturated carbocycles. The molecule has 3 aromatic rings. The molecule has 0 aliphatic heterocycles. The Morgan fingerprint density at radius 3 is 2.48 bits per heavy atom. The fourth-order valence-electron chi connectivity index (χ4n) is 3.43. The van der Waals surface area contributed by atoms with Crippen LogP contribution in [0.2, 0.25) is 0 Å². The molecule has 2 aromatic heterocycles. The van der Waals surface area contributed by atoms with Crippen molar-refractivity contribution in [3.8, 4) is 11.3 Å². The van der Waals surface area contributed by atoms with E-state index in [-0.39, 0.29) is 11.8 Å². The first kappa shape index (κ1) is 22.7. The van der Waals surface area contributed by atoms with Gasteiger partial charge in [0.25, 0.3) is 0 Å². The molecule has 0 fully saturated rings. The Labute approximate surface area is 186 Å². The lowest BCUT2D eigenvalue weighted by Gasteiger charge is -2.08. The molecule has 2 N–H and O–H groups in total. The average molecular weight is 440 g/mol. The van der Waals surface area contributed by atoms with Crippen molar-refractivity contribution in [2.75, 3.05) is 10.6 Å². The number of nitrogens with one attached hydrogen (secondary N) is 2. The molecular formula is C23H29N5O2S. The van der Waals surface area contributed by atoms with Crippen LogP contribution >= 0.6 is 11.3 Å². The van der Waals surface area contributed by atoms with Crippen molar-refractivity contribution in [2.45, 2.75) is 54.0 Å². The molecule has 0 unspecified atom stereocenters. The van der Waals surface area contributed by atoms with Gasteiger partial charge in [0.2, 0.25) is 11.8 Å². The van der Waals surface area contributed by atoms with Crippen LogP contribution in [0.1, 0.15) is 44.1 Å². The van der Waals surface area contributed by atoms with Crippen LogP contribution in [0.15, 0.2) is 29.6 Å². The Morgan fingerprint density at radius 2 is 1.84 bits per heavy atom. The number of thiazole rings is 1. The van der Waals surface area contributed by atoms with Crippen LogP contribution in [0.5, 0.6) is 0 Å². The van der Waals surface area contributed by atoms with Crippen molar-refractivity contribution < 1.29 is 9.59 Å². The molecule has 8 heteroatoms. The second kappa shape index (κ2) is 9.87. The number of nitrogens with zero attached hydrogens (tertiary/aromatic N) is 3. The summed E-state index contributed by atoms with van der Waals surface area (Å²) < 4.78 is 2.04. The maximum Gasteiger partial charge on any atom is 0.226 e. The lowest BCUT2D eigenvalue weighted by atomic mass is 10.1. The highest BCUT2D eigenvalue weighted by atomic mass is 32.1. The number of amides is 2. The fraction of sp³-hybridized carbons (Fsp3) is 0.391. The normalized spacial score (nSPS) is 11.0. The van der Waals surface area contributed by atoms with E-state index in [0.29, 0.717) is 23.9 Å². The van der Waals surface area contributed by atoms with Crippen LogP contribution in [0, 0.1) is 19.8 Å². The molecule has 0 saturated heterocycles. The summed E-state index contributed by atoms with van der Waals surface area (Å²) in [7, 11) is 0. The van der Waals surface area contributed by atoms with Gasteiger partial charge in [-0.3, -0.25) is 14.3 Å². The Bertz CT molecular complexity index is 1070. The second-order valence-corrected chi connectivity index (χ2v) is 8.93. The highest BCUT2D eigenvalue weighted by molar-refractivity contribution is 7.14. The van der Waals surface area contributed by atoms with E-state index >= 15 is 0 Å². The minimum absolute atomic E-state index is 0.0580.